The van der Waals surface area contributed by atoms with Crippen molar-refractivity contribution in [1.82, 2.24) is 14.9 Å². The van der Waals surface area contributed by atoms with Crippen LogP contribution in [0.4, 0.5) is 0 Å². The highest BCUT2D eigenvalue weighted by Crippen LogP contribution is 2.34. The molecule has 0 amide bonds. The number of nitrogens with zero attached hydrogens (tertiary/aromatic N) is 2. The minimum Gasteiger partial charge on any atom is -0.493 e. The molecule has 1 aliphatic rings. The molecule has 0 saturated heterocycles. The van der Waals surface area contributed by atoms with E-state index in [1.54, 1.807) is 0 Å². The summed E-state index contributed by atoms with van der Waals surface area (Å²) in [6, 6.07) is 6.73. The number of ether oxygens (including phenoxy) is 1. The molecule has 0 spiro atoms. The predicted molar refractivity (Wildman–Crippen MR) is 78.7 cm³/mol. The zero-order valence-electron chi connectivity index (χ0n) is 12.1. The van der Waals surface area contributed by atoms with Crippen LogP contribution in [-0.2, 0) is 13.6 Å². The first kappa shape index (κ1) is 13.2. The number of imidazole rings is 1. The summed E-state index contributed by atoms with van der Waals surface area (Å²) in [4.78, 5) is 4.37. The number of aromatic nitrogens is 2. The Morgan fingerprint density at radius 1 is 1.45 bits per heavy atom. The van der Waals surface area contributed by atoms with E-state index in [4.69, 9.17) is 4.74 Å². The van der Waals surface area contributed by atoms with Crippen molar-refractivity contribution in [2.24, 2.45) is 7.05 Å². The summed E-state index contributed by atoms with van der Waals surface area (Å²) in [5.41, 5.74) is 2.49. The van der Waals surface area contributed by atoms with Gasteiger partial charge < -0.3 is 14.6 Å². The Labute approximate surface area is 119 Å². The minimum atomic E-state index is 0.337. The van der Waals surface area contributed by atoms with Gasteiger partial charge in [-0.05, 0) is 25.3 Å². The SMILES string of the molecule is Cc1cccc2c1OCCCC2NCc1nccn1C. The first-order valence-electron chi connectivity index (χ1n) is 7.17. The van der Waals surface area contributed by atoms with E-state index in [2.05, 4.69) is 40.0 Å². The van der Waals surface area contributed by atoms with Gasteiger partial charge in [0.2, 0.25) is 0 Å². The molecule has 1 N–H and O–H groups in total. The van der Waals surface area contributed by atoms with Crippen molar-refractivity contribution in [1.29, 1.82) is 0 Å². The summed E-state index contributed by atoms with van der Waals surface area (Å²) in [5.74, 6) is 2.12. The van der Waals surface area contributed by atoms with E-state index in [9.17, 15) is 0 Å². The summed E-state index contributed by atoms with van der Waals surface area (Å²) < 4.78 is 7.96. The molecular formula is C16H21N3O. The van der Waals surface area contributed by atoms with Gasteiger partial charge >= 0.3 is 0 Å². The first-order chi connectivity index (χ1) is 9.75. The Bertz CT molecular complexity index is 591. The zero-order valence-corrected chi connectivity index (χ0v) is 12.1. The van der Waals surface area contributed by atoms with Gasteiger partial charge in [0.25, 0.3) is 0 Å². The zero-order chi connectivity index (χ0) is 13.9. The number of nitrogens with one attached hydrogen (secondary N) is 1. The fourth-order valence-electron chi connectivity index (χ4n) is 2.76. The molecule has 1 aromatic carbocycles. The maximum Gasteiger partial charge on any atom is 0.126 e. The summed E-state index contributed by atoms with van der Waals surface area (Å²) in [5, 5.41) is 3.62. The molecule has 106 valence electrons. The molecule has 20 heavy (non-hydrogen) atoms. The van der Waals surface area contributed by atoms with E-state index in [0.717, 1.165) is 37.6 Å². The van der Waals surface area contributed by atoms with Gasteiger partial charge in [-0.1, -0.05) is 18.2 Å². The minimum absolute atomic E-state index is 0.337. The number of benzene rings is 1. The van der Waals surface area contributed by atoms with Crippen molar-refractivity contribution in [3.8, 4) is 5.75 Å². The molecule has 2 heterocycles. The second kappa shape index (κ2) is 5.67. The Hall–Kier alpha value is -1.81. The quantitative estimate of drug-likeness (QED) is 0.933. The Balaban J connectivity index is 1.80. The lowest BCUT2D eigenvalue weighted by Crippen LogP contribution is -2.22. The molecule has 4 heteroatoms. The molecule has 0 saturated carbocycles. The van der Waals surface area contributed by atoms with Crippen LogP contribution in [-0.4, -0.2) is 16.2 Å². The van der Waals surface area contributed by atoms with E-state index >= 15 is 0 Å². The molecule has 1 aromatic heterocycles. The fraction of sp³-hybridized carbons (Fsp3) is 0.438. The monoisotopic (exact) mass is 271 g/mol. The van der Waals surface area contributed by atoms with E-state index in [0.29, 0.717) is 6.04 Å². The van der Waals surface area contributed by atoms with Gasteiger partial charge in [-0.15, -0.1) is 0 Å². The van der Waals surface area contributed by atoms with Crippen LogP contribution in [0.5, 0.6) is 5.75 Å². The number of hydrogen-bond donors (Lipinski definition) is 1. The summed E-state index contributed by atoms with van der Waals surface area (Å²) >= 11 is 0. The normalized spacial score (nSPS) is 18.2. The molecule has 0 fully saturated rings. The van der Waals surface area contributed by atoms with E-state index < -0.39 is 0 Å². The third-order valence-corrected chi connectivity index (χ3v) is 3.93. The standard InChI is InChI=1S/C16H21N3O/c1-12-5-3-6-13-14(7-4-10-20-16(12)13)18-11-15-17-8-9-19(15)2/h3,5-6,8-9,14,18H,4,7,10-11H2,1-2H3. The van der Waals surface area contributed by atoms with Crippen molar-refractivity contribution in [3.63, 3.8) is 0 Å². The molecule has 0 aliphatic carbocycles. The Morgan fingerprint density at radius 2 is 2.35 bits per heavy atom. The third-order valence-electron chi connectivity index (χ3n) is 3.93. The van der Waals surface area contributed by atoms with Crippen molar-refractivity contribution in [2.45, 2.75) is 32.4 Å². The Kier molecular flexibility index (Phi) is 3.74. The van der Waals surface area contributed by atoms with Gasteiger partial charge in [-0.25, -0.2) is 4.98 Å². The lowest BCUT2D eigenvalue weighted by Gasteiger charge is -2.19. The van der Waals surface area contributed by atoms with Crippen LogP contribution in [0, 0.1) is 6.92 Å². The fourth-order valence-corrected chi connectivity index (χ4v) is 2.76. The van der Waals surface area contributed by atoms with E-state index in [1.165, 1.54) is 11.1 Å². The van der Waals surface area contributed by atoms with Crippen LogP contribution in [0.25, 0.3) is 0 Å². The van der Waals surface area contributed by atoms with Gasteiger partial charge in [0.1, 0.15) is 11.6 Å². The van der Waals surface area contributed by atoms with Crippen molar-refractivity contribution in [2.75, 3.05) is 6.61 Å². The molecule has 2 aromatic rings. The van der Waals surface area contributed by atoms with Crippen LogP contribution >= 0.6 is 0 Å². The first-order valence-corrected chi connectivity index (χ1v) is 7.17. The van der Waals surface area contributed by atoms with Crippen LogP contribution in [0.15, 0.2) is 30.6 Å². The molecular weight excluding hydrogens is 250 g/mol. The average molecular weight is 271 g/mol. The molecule has 0 radical (unpaired) electrons. The summed E-state index contributed by atoms with van der Waals surface area (Å²) in [6.45, 7) is 3.69. The Morgan fingerprint density at radius 3 is 3.15 bits per heavy atom. The molecule has 0 bridgehead atoms. The van der Waals surface area contributed by atoms with Crippen molar-refractivity contribution in [3.05, 3.63) is 47.5 Å². The highest BCUT2D eigenvalue weighted by Gasteiger charge is 2.20. The molecule has 4 nitrogen and oxygen atoms in total. The summed E-state index contributed by atoms with van der Waals surface area (Å²) in [7, 11) is 2.03. The van der Waals surface area contributed by atoms with Gasteiger partial charge in [0, 0.05) is 31.0 Å². The smallest absolute Gasteiger partial charge is 0.126 e. The molecule has 3 rings (SSSR count). The topological polar surface area (TPSA) is 39.1 Å². The lowest BCUT2D eigenvalue weighted by molar-refractivity contribution is 0.313. The van der Waals surface area contributed by atoms with E-state index in [1.807, 2.05) is 19.4 Å². The van der Waals surface area contributed by atoms with Crippen molar-refractivity contribution >= 4 is 0 Å². The second-order valence-electron chi connectivity index (χ2n) is 5.37. The largest absolute Gasteiger partial charge is 0.493 e. The van der Waals surface area contributed by atoms with Crippen LogP contribution < -0.4 is 10.1 Å². The second-order valence-corrected chi connectivity index (χ2v) is 5.37. The number of aryl methyl sites for hydroxylation is 2. The highest BCUT2D eigenvalue weighted by molar-refractivity contribution is 5.43. The predicted octanol–water partition coefficient (Wildman–Crippen LogP) is 2.73. The summed E-state index contributed by atoms with van der Waals surface area (Å²) in [6.07, 6.45) is 5.99. The van der Waals surface area contributed by atoms with Gasteiger partial charge in [0.05, 0.1) is 13.2 Å². The maximum atomic E-state index is 5.91. The van der Waals surface area contributed by atoms with Crippen LogP contribution in [0.2, 0.25) is 0 Å². The molecule has 1 aliphatic heterocycles. The third kappa shape index (κ3) is 2.56. The maximum absolute atomic E-state index is 5.91. The van der Waals surface area contributed by atoms with Gasteiger partial charge in [-0.2, -0.15) is 0 Å². The number of para-hydroxylation sites is 1. The number of hydrogen-bond acceptors (Lipinski definition) is 3. The highest BCUT2D eigenvalue weighted by atomic mass is 16.5. The molecule has 1 atom stereocenters. The van der Waals surface area contributed by atoms with Crippen molar-refractivity contribution < 1.29 is 4.74 Å². The van der Waals surface area contributed by atoms with E-state index in [-0.39, 0.29) is 0 Å². The lowest BCUT2D eigenvalue weighted by atomic mass is 10.00. The van der Waals surface area contributed by atoms with Gasteiger partial charge in [-0.3, -0.25) is 0 Å². The number of fused-ring (bicyclic) bond motifs is 1. The number of rotatable bonds is 3. The van der Waals surface area contributed by atoms with Crippen LogP contribution in [0.3, 0.4) is 0 Å². The van der Waals surface area contributed by atoms with Crippen LogP contribution in [0.1, 0.15) is 35.8 Å². The molecule has 1 unspecified atom stereocenters. The average Bonchev–Trinajstić information content (AvgIpc) is 2.73. The van der Waals surface area contributed by atoms with Gasteiger partial charge in [0.15, 0.2) is 0 Å².